The van der Waals surface area contributed by atoms with E-state index in [0.717, 1.165) is 24.5 Å². The second kappa shape index (κ2) is 7.49. The van der Waals surface area contributed by atoms with Crippen molar-refractivity contribution in [3.8, 4) is 0 Å². The number of hydrogen-bond acceptors (Lipinski definition) is 2. The van der Waals surface area contributed by atoms with Crippen LogP contribution in [0.2, 0.25) is 0 Å². The summed E-state index contributed by atoms with van der Waals surface area (Å²) in [4.78, 5) is 2.80. The van der Waals surface area contributed by atoms with Crippen molar-refractivity contribution in [3.63, 3.8) is 0 Å². The highest BCUT2D eigenvalue weighted by molar-refractivity contribution is 4.91. The van der Waals surface area contributed by atoms with Gasteiger partial charge in [0.25, 0.3) is 0 Å². The highest BCUT2D eigenvalue weighted by Crippen LogP contribution is 2.32. The van der Waals surface area contributed by atoms with E-state index in [1.54, 1.807) is 0 Å². The Morgan fingerprint density at radius 2 is 1.83 bits per heavy atom. The molecule has 1 saturated carbocycles. The van der Waals surface area contributed by atoms with E-state index in [9.17, 15) is 0 Å². The molecule has 2 nitrogen and oxygen atoms in total. The standard InChI is InChI=1S/C16H32N2/c1-3-8-14-9-10-15(17-4-2)16(13-14)18-11-6-5-7-12-18/h14-17H,3-13H2,1-2H3. The van der Waals surface area contributed by atoms with E-state index in [2.05, 4.69) is 24.1 Å². The average molecular weight is 252 g/mol. The molecule has 2 rings (SSSR count). The number of nitrogens with one attached hydrogen (secondary N) is 1. The summed E-state index contributed by atoms with van der Waals surface area (Å²) in [5.41, 5.74) is 0. The summed E-state index contributed by atoms with van der Waals surface area (Å²) in [7, 11) is 0. The van der Waals surface area contributed by atoms with Crippen LogP contribution in [0.25, 0.3) is 0 Å². The Morgan fingerprint density at radius 3 is 2.50 bits per heavy atom. The van der Waals surface area contributed by atoms with Crippen molar-refractivity contribution in [3.05, 3.63) is 0 Å². The van der Waals surface area contributed by atoms with Crippen LogP contribution in [-0.2, 0) is 0 Å². The summed E-state index contributed by atoms with van der Waals surface area (Å²) >= 11 is 0. The fourth-order valence-electron chi connectivity index (χ4n) is 4.06. The van der Waals surface area contributed by atoms with E-state index < -0.39 is 0 Å². The lowest BCUT2D eigenvalue weighted by atomic mass is 9.79. The lowest BCUT2D eigenvalue weighted by Crippen LogP contribution is -2.54. The van der Waals surface area contributed by atoms with E-state index >= 15 is 0 Å². The third-order valence-corrected chi connectivity index (χ3v) is 4.95. The van der Waals surface area contributed by atoms with Gasteiger partial charge in [-0.15, -0.1) is 0 Å². The maximum atomic E-state index is 3.75. The van der Waals surface area contributed by atoms with E-state index in [-0.39, 0.29) is 0 Å². The molecule has 1 aliphatic heterocycles. The molecule has 0 spiro atoms. The smallest absolute Gasteiger partial charge is 0.0251 e. The monoisotopic (exact) mass is 252 g/mol. The molecule has 2 heteroatoms. The van der Waals surface area contributed by atoms with E-state index in [1.165, 1.54) is 64.5 Å². The van der Waals surface area contributed by atoms with Crippen LogP contribution in [0.4, 0.5) is 0 Å². The molecule has 1 saturated heterocycles. The van der Waals surface area contributed by atoms with Crippen LogP contribution in [-0.4, -0.2) is 36.6 Å². The number of hydrogen-bond donors (Lipinski definition) is 1. The Kier molecular flexibility index (Phi) is 5.97. The predicted molar refractivity (Wildman–Crippen MR) is 78.9 cm³/mol. The maximum Gasteiger partial charge on any atom is 0.0251 e. The van der Waals surface area contributed by atoms with Gasteiger partial charge < -0.3 is 5.32 Å². The highest BCUT2D eigenvalue weighted by atomic mass is 15.2. The average Bonchev–Trinajstić information content (AvgIpc) is 2.42. The zero-order valence-electron chi connectivity index (χ0n) is 12.5. The van der Waals surface area contributed by atoms with Crippen LogP contribution in [0.3, 0.4) is 0 Å². The Labute approximate surface area is 114 Å². The van der Waals surface area contributed by atoms with Crippen molar-refractivity contribution < 1.29 is 0 Å². The molecule has 18 heavy (non-hydrogen) atoms. The van der Waals surface area contributed by atoms with Gasteiger partial charge in [-0.25, -0.2) is 0 Å². The Balaban J connectivity index is 1.94. The van der Waals surface area contributed by atoms with Crippen LogP contribution in [0, 0.1) is 5.92 Å². The maximum absolute atomic E-state index is 3.75. The highest BCUT2D eigenvalue weighted by Gasteiger charge is 2.33. The second-order valence-corrected chi connectivity index (χ2v) is 6.30. The van der Waals surface area contributed by atoms with Crippen molar-refractivity contribution in [1.29, 1.82) is 0 Å². The van der Waals surface area contributed by atoms with Crippen molar-refractivity contribution in [2.75, 3.05) is 19.6 Å². The summed E-state index contributed by atoms with van der Waals surface area (Å²) < 4.78 is 0. The largest absolute Gasteiger partial charge is 0.313 e. The first kappa shape index (κ1) is 14.3. The third kappa shape index (κ3) is 3.71. The fraction of sp³-hybridized carbons (Fsp3) is 1.00. The minimum atomic E-state index is 0.765. The normalized spacial score (nSPS) is 34.7. The number of likely N-dealkylation sites (N-methyl/N-ethyl adjacent to an activating group) is 1. The SMILES string of the molecule is CCCC1CCC(NCC)C(N2CCCCC2)C1. The summed E-state index contributed by atoms with van der Waals surface area (Å²) in [5.74, 6) is 0.997. The van der Waals surface area contributed by atoms with Gasteiger partial charge in [-0.3, -0.25) is 4.90 Å². The molecule has 1 N–H and O–H groups in total. The van der Waals surface area contributed by atoms with E-state index in [4.69, 9.17) is 0 Å². The molecule has 0 radical (unpaired) electrons. The van der Waals surface area contributed by atoms with Gasteiger partial charge in [0.15, 0.2) is 0 Å². The zero-order valence-corrected chi connectivity index (χ0v) is 12.5. The van der Waals surface area contributed by atoms with Crippen molar-refractivity contribution >= 4 is 0 Å². The zero-order chi connectivity index (χ0) is 12.8. The fourth-order valence-corrected chi connectivity index (χ4v) is 4.06. The Hall–Kier alpha value is -0.0800. The van der Waals surface area contributed by atoms with Gasteiger partial charge >= 0.3 is 0 Å². The molecule has 3 unspecified atom stereocenters. The summed E-state index contributed by atoms with van der Waals surface area (Å²) in [5, 5.41) is 3.75. The van der Waals surface area contributed by atoms with Crippen LogP contribution in [0.5, 0.6) is 0 Å². The van der Waals surface area contributed by atoms with Crippen molar-refractivity contribution in [1.82, 2.24) is 10.2 Å². The first-order chi connectivity index (χ1) is 8.85. The van der Waals surface area contributed by atoms with Crippen LogP contribution in [0.1, 0.15) is 65.2 Å². The molecule has 0 aromatic carbocycles. The van der Waals surface area contributed by atoms with Gasteiger partial charge in [-0.1, -0.05) is 33.1 Å². The second-order valence-electron chi connectivity index (χ2n) is 6.30. The van der Waals surface area contributed by atoms with Crippen LogP contribution in [0.15, 0.2) is 0 Å². The molecule has 3 atom stereocenters. The summed E-state index contributed by atoms with van der Waals surface area (Å²) in [6.07, 6.45) is 11.4. The minimum absolute atomic E-state index is 0.765. The third-order valence-electron chi connectivity index (χ3n) is 4.95. The van der Waals surface area contributed by atoms with E-state index in [0.29, 0.717) is 0 Å². The number of nitrogens with zero attached hydrogens (tertiary/aromatic N) is 1. The molecule has 0 bridgehead atoms. The first-order valence-corrected chi connectivity index (χ1v) is 8.32. The lowest BCUT2D eigenvalue weighted by Gasteiger charge is -2.44. The molecule has 106 valence electrons. The van der Waals surface area contributed by atoms with Gasteiger partial charge in [0.2, 0.25) is 0 Å². The lowest BCUT2D eigenvalue weighted by molar-refractivity contribution is 0.0782. The molecular formula is C16H32N2. The molecule has 2 fully saturated rings. The number of rotatable bonds is 5. The molecular weight excluding hydrogens is 220 g/mol. The van der Waals surface area contributed by atoms with Gasteiger partial charge in [-0.2, -0.15) is 0 Å². The molecule has 0 aromatic heterocycles. The molecule has 1 aliphatic carbocycles. The van der Waals surface area contributed by atoms with Crippen LogP contribution >= 0.6 is 0 Å². The Bertz CT molecular complexity index is 218. The number of likely N-dealkylation sites (tertiary alicyclic amines) is 1. The van der Waals surface area contributed by atoms with Gasteiger partial charge in [0.1, 0.15) is 0 Å². The van der Waals surface area contributed by atoms with E-state index in [1.807, 2.05) is 0 Å². The first-order valence-electron chi connectivity index (χ1n) is 8.32. The molecule has 2 aliphatic rings. The number of piperidine rings is 1. The molecule has 1 heterocycles. The summed E-state index contributed by atoms with van der Waals surface area (Å²) in [6, 6.07) is 1.59. The topological polar surface area (TPSA) is 15.3 Å². The quantitative estimate of drug-likeness (QED) is 0.806. The van der Waals surface area contributed by atoms with Gasteiger partial charge in [0, 0.05) is 12.1 Å². The minimum Gasteiger partial charge on any atom is -0.313 e. The molecule has 0 aromatic rings. The summed E-state index contributed by atoms with van der Waals surface area (Å²) in [6.45, 7) is 8.43. The molecule has 0 amide bonds. The van der Waals surface area contributed by atoms with Crippen molar-refractivity contribution in [2.45, 2.75) is 77.3 Å². The van der Waals surface area contributed by atoms with Crippen molar-refractivity contribution in [2.24, 2.45) is 5.92 Å². The van der Waals surface area contributed by atoms with Gasteiger partial charge in [-0.05, 0) is 57.7 Å². The van der Waals surface area contributed by atoms with Crippen LogP contribution < -0.4 is 5.32 Å². The Morgan fingerprint density at radius 1 is 1.06 bits per heavy atom. The predicted octanol–water partition coefficient (Wildman–Crippen LogP) is 3.42. The van der Waals surface area contributed by atoms with Gasteiger partial charge in [0.05, 0.1) is 0 Å².